The van der Waals surface area contributed by atoms with Crippen molar-refractivity contribution in [1.29, 1.82) is 0 Å². The van der Waals surface area contributed by atoms with Gasteiger partial charge in [0, 0.05) is 23.6 Å². The number of ether oxygens (including phenoxy) is 3. The van der Waals surface area contributed by atoms with Gasteiger partial charge in [0.15, 0.2) is 6.61 Å². The minimum absolute atomic E-state index is 0.289. The van der Waals surface area contributed by atoms with E-state index in [1.54, 1.807) is 18.3 Å². The van der Waals surface area contributed by atoms with E-state index >= 15 is 0 Å². The van der Waals surface area contributed by atoms with Crippen LogP contribution in [0.15, 0.2) is 59.6 Å². The molecular weight excluding hydrogens is 459 g/mol. The van der Waals surface area contributed by atoms with Crippen LogP contribution >= 0.6 is 11.8 Å². The summed E-state index contributed by atoms with van der Waals surface area (Å²) in [7, 11) is 1.52. The summed E-state index contributed by atoms with van der Waals surface area (Å²) in [6, 6.07) is 12.7. The number of carbonyl (C=O) groups is 1. The van der Waals surface area contributed by atoms with Gasteiger partial charge in [0.05, 0.1) is 17.7 Å². The van der Waals surface area contributed by atoms with Crippen molar-refractivity contribution in [2.75, 3.05) is 13.7 Å². The van der Waals surface area contributed by atoms with E-state index in [-0.39, 0.29) is 5.75 Å². The van der Waals surface area contributed by atoms with Gasteiger partial charge in [0.1, 0.15) is 17.2 Å². The Hall–Kier alpha value is -3.40. The van der Waals surface area contributed by atoms with Crippen LogP contribution in [0.1, 0.15) is 11.1 Å². The molecule has 0 bridgehead atoms. The molecule has 2 aromatic carbocycles. The Kier molecular flexibility index (Phi) is 7.70. The maximum atomic E-state index is 12.3. The zero-order valence-electron chi connectivity index (χ0n) is 17.7. The molecule has 0 aliphatic rings. The third-order valence-corrected chi connectivity index (χ3v) is 5.52. The van der Waals surface area contributed by atoms with E-state index in [1.165, 1.54) is 43.1 Å². The van der Waals surface area contributed by atoms with E-state index in [0.29, 0.717) is 28.5 Å². The number of benzene rings is 2. The molecular formula is C23H20F3NO5S. The van der Waals surface area contributed by atoms with E-state index in [9.17, 15) is 18.0 Å². The van der Waals surface area contributed by atoms with E-state index in [2.05, 4.69) is 9.72 Å². The van der Waals surface area contributed by atoms with Crippen LogP contribution in [-0.2, 0) is 10.5 Å². The number of nitrogens with zero attached hydrogens (tertiary/aromatic N) is 1. The lowest BCUT2D eigenvalue weighted by Crippen LogP contribution is -2.16. The van der Waals surface area contributed by atoms with E-state index in [0.717, 1.165) is 16.0 Å². The monoisotopic (exact) mass is 479 g/mol. The second-order valence-corrected chi connectivity index (χ2v) is 7.88. The first-order valence-corrected chi connectivity index (χ1v) is 10.6. The number of methoxy groups -OCH3 is 1. The first kappa shape index (κ1) is 24.2. The Morgan fingerprint density at radius 2 is 1.82 bits per heavy atom. The number of thioether (sulfide) groups is 1. The summed E-state index contributed by atoms with van der Waals surface area (Å²) in [6.07, 6.45) is -3.03. The number of aliphatic carboxylic acids is 1. The number of aromatic nitrogens is 1. The highest BCUT2D eigenvalue weighted by molar-refractivity contribution is 7.98. The van der Waals surface area contributed by atoms with Gasteiger partial charge in [-0.15, -0.1) is 24.9 Å². The highest BCUT2D eigenvalue weighted by Gasteiger charge is 2.31. The third kappa shape index (κ3) is 7.04. The second kappa shape index (κ2) is 10.5. The smallest absolute Gasteiger partial charge is 0.495 e. The first-order chi connectivity index (χ1) is 15.6. The van der Waals surface area contributed by atoms with Gasteiger partial charge in [-0.05, 0) is 54.4 Å². The topological polar surface area (TPSA) is 77.9 Å². The molecule has 3 rings (SSSR count). The van der Waals surface area contributed by atoms with Gasteiger partial charge in [0.2, 0.25) is 0 Å². The van der Waals surface area contributed by atoms with Crippen molar-refractivity contribution in [2.24, 2.45) is 0 Å². The van der Waals surface area contributed by atoms with Crippen LogP contribution in [0.2, 0.25) is 0 Å². The van der Waals surface area contributed by atoms with Crippen molar-refractivity contribution < 1.29 is 37.3 Å². The molecule has 3 aromatic rings. The molecule has 10 heteroatoms. The number of hydrogen-bond acceptors (Lipinski definition) is 6. The summed E-state index contributed by atoms with van der Waals surface area (Å²) in [5, 5.41) is 8.79. The molecule has 33 heavy (non-hydrogen) atoms. The zero-order valence-corrected chi connectivity index (χ0v) is 18.5. The van der Waals surface area contributed by atoms with Crippen LogP contribution in [0.5, 0.6) is 17.2 Å². The number of halogens is 3. The average molecular weight is 479 g/mol. The molecule has 0 spiro atoms. The normalized spacial score (nSPS) is 11.2. The van der Waals surface area contributed by atoms with E-state index in [4.69, 9.17) is 14.6 Å². The Bertz CT molecular complexity index is 1100. The summed E-state index contributed by atoms with van der Waals surface area (Å²) in [4.78, 5) is 16.0. The number of alkyl halides is 3. The molecule has 0 saturated carbocycles. The number of carboxylic acid groups (broad SMARTS) is 1. The molecule has 0 aliphatic carbocycles. The Balaban J connectivity index is 1.66. The van der Waals surface area contributed by atoms with Crippen molar-refractivity contribution >= 4 is 17.7 Å². The maximum Gasteiger partial charge on any atom is 0.573 e. The lowest BCUT2D eigenvalue weighted by atomic mass is 10.1. The SMILES string of the molecule is COc1cc(OCC(=O)O)c(C)cc1SCc1ccc(-c2ccc(OC(F)(F)F)cc2)nc1. The van der Waals surface area contributed by atoms with Gasteiger partial charge in [-0.2, -0.15) is 0 Å². The van der Waals surface area contributed by atoms with Crippen LogP contribution in [0.3, 0.4) is 0 Å². The van der Waals surface area contributed by atoms with Gasteiger partial charge in [-0.25, -0.2) is 4.79 Å². The molecule has 1 heterocycles. The summed E-state index contributed by atoms with van der Waals surface area (Å²) >= 11 is 1.52. The fraction of sp³-hybridized carbons (Fsp3) is 0.217. The molecule has 0 saturated heterocycles. The number of pyridine rings is 1. The lowest BCUT2D eigenvalue weighted by molar-refractivity contribution is -0.274. The van der Waals surface area contributed by atoms with Crippen molar-refractivity contribution in [1.82, 2.24) is 4.98 Å². The second-order valence-electron chi connectivity index (χ2n) is 6.86. The van der Waals surface area contributed by atoms with Crippen LogP contribution in [0.25, 0.3) is 11.3 Å². The quantitative estimate of drug-likeness (QED) is 0.393. The molecule has 174 valence electrons. The summed E-state index contributed by atoms with van der Waals surface area (Å²) < 4.78 is 51.4. The minimum atomic E-state index is -4.73. The van der Waals surface area contributed by atoms with Gasteiger partial charge in [0.25, 0.3) is 0 Å². The van der Waals surface area contributed by atoms with Crippen molar-refractivity contribution in [3.05, 3.63) is 65.9 Å². The Labute approximate surface area is 192 Å². The van der Waals surface area contributed by atoms with Gasteiger partial charge >= 0.3 is 12.3 Å². The third-order valence-electron chi connectivity index (χ3n) is 4.42. The predicted octanol–water partition coefficient (Wildman–Crippen LogP) is 5.72. The van der Waals surface area contributed by atoms with Crippen LogP contribution in [0.4, 0.5) is 13.2 Å². The molecule has 6 nitrogen and oxygen atoms in total. The molecule has 0 unspecified atom stereocenters. The van der Waals surface area contributed by atoms with Crippen LogP contribution in [0, 0.1) is 6.92 Å². The number of hydrogen-bond donors (Lipinski definition) is 1. The van der Waals surface area contributed by atoms with Crippen molar-refractivity contribution in [3.63, 3.8) is 0 Å². The van der Waals surface area contributed by atoms with Gasteiger partial charge in [-0.3, -0.25) is 4.98 Å². The maximum absolute atomic E-state index is 12.3. The Morgan fingerprint density at radius 1 is 1.09 bits per heavy atom. The minimum Gasteiger partial charge on any atom is -0.495 e. The number of aryl methyl sites for hydroxylation is 1. The van der Waals surface area contributed by atoms with Gasteiger partial charge in [-0.1, -0.05) is 6.07 Å². The van der Waals surface area contributed by atoms with Crippen molar-refractivity contribution in [2.45, 2.75) is 23.9 Å². The van der Waals surface area contributed by atoms with E-state index < -0.39 is 18.9 Å². The van der Waals surface area contributed by atoms with Gasteiger partial charge < -0.3 is 19.3 Å². The number of carboxylic acids is 1. The van der Waals surface area contributed by atoms with Crippen LogP contribution < -0.4 is 14.2 Å². The van der Waals surface area contributed by atoms with E-state index in [1.807, 2.05) is 19.1 Å². The molecule has 0 fully saturated rings. The predicted molar refractivity (Wildman–Crippen MR) is 117 cm³/mol. The number of rotatable bonds is 9. The molecule has 0 amide bonds. The largest absolute Gasteiger partial charge is 0.573 e. The standard InChI is InChI=1S/C23H20F3NO5S/c1-14-9-21(20(30-2)10-19(14)31-12-22(28)29)33-13-15-3-8-18(27-11-15)16-4-6-17(7-5-16)32-23(24,25)26/h3-11H,12-13H2,1-2H3,(H,28,29). The zero-order chi connectivity index (χ0) is 24.0. The molecule has 0 radical (unpaired) electrons. The molecule has 0 atom stereocenters. The fourth-order valence-corrected chi connectivity index (χ4v) is 3.92. The molecule has 0 aliphatic heterocycles. The fourth-order valence-electron chi connectivity index (χ4n) is 2.88. The summed E-state index contributed by atoms with van der Waals surface area (Å²) in [5.41, 5.74) is 3.01. The van der Waals surface area contributed by atoms with Crippen molar-refractivity contribution in [3.8, 4) is 28.5 Å². The lowest BCUT2D eigenvalue weighted by Gasteiger charge is -2.13. The summed E-state index contributed by atoms with van der Waals surface area (Å²) in [6.45, 7) is 1.38. The highest BCUT2D eigenvalue weighted by atomic mass is 32.2. The molecule has 1 N–H and O–H groups in total. The Morgan fingerprint density at radius 3 is 2.39 bits per heavy atom. The van der Waals surface area contributed by atoms with Crippen LogP contribution in [-0.4, -0.2) is 36.1 Å². The summed E-state index contributed by atoms with van der Waals surface area (Å²) in [5.74, 6) is 0.251. The average Bonchev–Trinajstić information content (AvgIpc) is 2.76. The molecule has 1 aromatic heterocycles. The highest BCUT2D eigenvalue weighted by Crippen LogP contribution is 2.37. The first-order valence-electron chi connectivity index (χ1n) is 9.62.